The molecule has 0 saturated heterocycles. The summed E-state index contributed by atoms with van der Waals surface area (Å²) < 4.78 is 38.7. The van der Waals surface area contributed by atoms with E-state index in [4.69, 9.17) is 14.7 Å². The second kappa shape index (κ2) is 11.2. The van der Waals surface area contributed by atoms with Crippen molar-refractivity contribution < 1.29 is 27.5 Å². The van der Waals surface area contributed by atoms with E-state index < -0.39 is 28.0 Å². The van der Waals surface area contributed by atoms with Crippen LogP contribution in [0.3, 0.4) is 0 Å². The standard InChI is InChI=1S/C25H23N3O6S/c1-3-33-19-12-14-20(15-13-19)35(31,32)28-23-11-7-5-9-21(23)25(30)34-17(2)24(29)27-22-10-6-4-8-18(22)16-26/h4-15,17,28H,3H2,1-2H3,(H,27,29). The first-order chi connectivity index (χ1) is 16.7. The summed E-state index contributed by atoms with van der Waals surface area (Å²) in [4.78, 5) is 25.3. The maximum Gasteiger partial charge on any atom is 0.341 e. The van der Waals surface area contributed by atoms with Crippen molar-refractivity contribution >= 4 is 33.3 Å². The van der Waals surface area contributed by atoms with Crippen LogP contribution < -0.4 is 14.8 Å². The van der Waals surface area contributed by atoms with Crippen molar-refractivity contribution in [3.05, 3.63) is 83.9 Å². The second-order valence-electron chi connectivity index (χ2n) is 7.25. The highest BCUT2D eigenvalue weighted by atomic mass is 32.2. The number of sulfonamides is 1. The molecule has 0 saturated carbocycles. The lowest BCUT2D eigenvalue weighted by Crippen LogP contribution is -2.30. The molecular weight excluding hydrogens is 470 g/mol. The molecule has 0 heterocycles. The molecule has 0 spiro atoms. The molecule has 2 N–H and O–H groups in total. The molecule has 1 unspecified atom stereocenters. The third-order valence-corrected chi connectivity index (χ3v) is 6.18. The molecule has 0 fully saturated rings. The summed E-state index contributed by atoms with van der Waals surface area (Å²) in [5.74, 6) is -1.01. The molecule has 3 rings (SSSR count). The van der Waals surface area contributed by atoms with Gasteiger partial charge in [0.15, 0.2) is 6.10 Å². The van der Waals surface area contributed by atoms with Crippen LogP contribution in [-0.2, 0) is 19.6 Å². The molecule has 3 aromatic carbocycles. The Balaban J connectivity index is 1.73. The van der Waals surface area contributed by atoms with Gasteiger partial charge in [0.2, 0.25) is 0 Å². The summed E-state index contributed by atoms with van der Waals surface area (Å²) in [6.45, 7) is 3.63. The SMILES string of the molecule is CCOc1ccc(S(=O)(=O)Nc2ccccc2C(=O)OC(C)C(=O)Nc2ccccc2C#N)cc1. The van der Waals surface area contributed by atoms with Gasteiger partial charge >= 0.3 is 5.97 Å². The van der Waals surface area contributed by atoms with E-state index in [-0.39, 0.29) is 27.4 Å². The Morgan fingerprint density at radius 1 is 0.971 bits per heavy atom. The Kier molecular flexibility index (Phi) is 8.07. The number of ether oxygens (including phenoxy) is 2. The van der Waals surface area contributed by atoms with Crippen LogP contribution >= 0.6 is 0 Å². The fourth-order valence-electron chi connectivity index (χ4n) is 3.04. The molecule has 3 aromatic rings. The second-order valence-corrected chi connectivity index (χ2v) is 8.93. The zero-order chi connectivity index (χ0) is 25.4. The van der Waals surface area contributed by atoms with Gasteiger partial charge in [0, 0.05) is 0 Å². The molecule has 10 heteroatoms. The largest absolute Gasteiger partial charge is 0.494 e. The zero-order valence-corrected chi connectivity index (χ0v) is 19.8. The van der Waals surface area contributed by atoms with Crippen LogP contribution in [0.4, 0.5) is 11.4 Å². The lowest BCUT2D eigenvalue weighted by molar-refractivity contribution is -0.123. The number of rotatable bonds is 9. The molecule has 35 heavy (non-hydrogen) atoms. The Morgan fingerprint density at radius 3 is 2.26 bits per heavy atom. The zero-order valence-electron chi connectivity index (χ0n) is 19.0. The summed E-state index contributed by atoms with van der Waals surface area (Å²) in [5, 5.41) is 11.7. The number of carbonyl (C=O) groups excluding carboxylic acids is 2. The number of nitriles is 1. The molecular formula is C25H23N3O6S. The summed E-state index contributed by atoms with van der Waals surface area (Å²) in [7, 11) is -4.02. The maximum atomic E-state index is 12.8. The average Bonchev–Trinajstić information content (AvgIpc) is 2.85. The lowest BCUT2D eigenvalue weighted by atomic mass is 10.2. The minimum absolute atomic E-state index is 0.00572. The van der Waals surface area contributed by atoms with Gasteiger partial charge in [-0.2, -0.15) is 5.26 Å². The van der Waals surface area contributed by atoms with Crippen LogP contribution in [0.1, 0.15) is 29.8 Å². The van der Waals surface area contributed by atoms with Crippen molar-refractivity contribution in [3.8, 4) is 11.8 Å². The molecule has 1 atom stereocenters. The van der Waals surface area contributed by atoms with Crippen LogP contribution in [0.2, 0.25) is 0 Å². The normalized spacial score (nSPS) is 11.6. The van der Waals surface area contributed by atoms with Gasteiger partial charge in [0.1, 0.15) is 11.8 Å². The Labute approximate surface area is 203 Å². The van der Waals surface area contributed by atoms with E-state index in [1.165, 1.54) is 43.3 Å². The highest BCUT2D eigenvalue weighted by Gasteiger charge is 2.23. The fraction of sp³-hybridized carbons (Fsp3) is 0.160. The molecule has 0 aliphatic heterocycles. The molecule has 0 bridgehead atoms. The third kappa shape index (κ3) is 6.37. The highest BCUT2D eigenvalue weighted by molar-refractivity contribution is 7.92. The van der Waals surface area contributed by atoms with E-state index in [9.17, 15) is 18.0 Å². The Hall–Kier alpha value is -4.36. The highest BCUT2D eigenvalue weighted by Crippen LogP contribution is 2.23. The van der Waals surface area contributed by atoms with Crippen molar-refractivity contribution in [3.63, 3.8) is 0 Å². The van der Waals surface area contributed by atoms with Gasteiger partial charge in [-0.3, -0.25) is 9.52 Å². The van der Waals surface area contributed by atoms with E-state index in [1.54, 1.807) is 36.4 Å². The number of nitrogens with zero attached hydrogens (tertiary/aromatic N) is 1. The Morgan fingerprint density at radius 2 is 1.60 bits per heavy atom. The van der Waals surface area contributed by atoms with E-state index in [1.807, 2.05) is 13.0 Å². The molecule has 0 aliphatic rings. The summed E-state index contributed by atoms with van der Waals surface area (Å²) in [6.07, 6.45) is -1.22. The van der Waals surface area contributed by atoms with E-state index >= 15 is 0 Å². The van der Waals surface area contributed by atoms with Gasteiger partial charge in [-0.05, 0) is 62.4 Å². The molecule has 0 aromatic heterocycles. The van der Waals surface area contributed by atoms with E-state index in [2.05, 4.69) is 10.0 Å². The number of anilines is 2. The molecule has 180 valence electrons. The average molecular weight is 494 g/mol. The third-order valence-electron chi connectivity index (χ3n) is 4.79. The minimum atomic E-state index is -4.02. The molecule has 1 amide bonds. The van der Waals surface area contributed by atoms with Crippen LogP contribution in [0, 0.1) is 11.3 Å². The predicted molar refractivity (Wildman–Crippen MR) is 130 cm³/mol. The van der Waals surface area contributed by atoms with Crippen molar-refractivity contribution in [2.45, 2.75) is 24.8 Å². The van der Waals surface area contributed by atoms with Gasteiger partial charge in [0.05, 0.1) is 34.0 Å². The van der Waals surface area contributed by atoms with Crippen molar-refractivity contribution in [1.29, 1.82) is 5.26 Å². The lowest BCUT2D eigenvalue weighted by Gasteiger charge is -2.16. The Bertz CT molecular complexity index is 1360. The quantitative estimate of drug-likeness (QED) is 0.431. The minimum Gasteiger partial charge on any atom is -0.494 e. The van der Waals surface area contributed by atoms with Crippen LogP contribution in [0.15, 0.2) is 77.7 Å². The van der Waals surface area contributed by atoms with Crippen molar-refractivity contribution in [2.75, 3.05) is 16.6 Å². The maximum absolute atomic E-state index is 12.8. The first-order valence-electron chi connectivity index (χ1n) is 10.6. The number of benzene rings is 3. The predicted octanol–water partition coefficient (Wildman–Crippen LogP) is 3.94. The summed E-state index contributed by atoms with van der Waals surface area (Å²) >= 11 is 0. The topological polar surface area (TPSA) is 135 Å². The molecule has 0 aliphatic carbocycles. The summed E-state index contributed by atoms with van der Waals surface area (Å²) in [5.41, 5.74) is 0.465. The van der Waals surface area contributed by atoms with Gasteiger partial charge in [-0.25, -0.2) is 13.2 Å². The molecule has 9 nitrogen and oxygen atoms in total. The number of para-hydroxylation sites is 2. The number of carbonyl (C=O) groups is 2. The number of amides is 1. The first kappa shape index (κ1) is 25.3. The monoisotopic (exact) mass is 493 g/mol. The number of hydrogen-bond donors (Lipinski definition) is 2. The van der Waals surface area contributed by atoms with Gasteiger partial charge in [-0.1, -0.05) is 24.3 Å². The molecule has 0 radical (unpaired) electrons. The van der Waals surface area contributed by atoms with Crippen LogP contribution in [-0.4, -0.2) is 33.0 Å². The first-order valence-corrected chi connectivity index (χ1v) is 12.1. The number of esters is 1. The number of nitrogens with one attached hydrogen (secondary N) is 2. The summed E-state index contributed by atoms with van der Waals surface area (Å²) in [6, 6.07) is 20.1. The van der Waals surface area contributed by atoms with Crippen molar-refractivity contribution in [1.82, 2.24) is 0 Å². The van der Waals surface area contributed by atoms with Gasteiger partial charge in [0.25, 0.3) is 15.9 Å². The fourth-order valence-corrected chi connectivity index (χ4v) is 4.12. The van der Waals surface area contributed by atoms with Gasteiger partial charge < -0.3 is 14.8 Å². The van der Waals surface area contributed by atoms with E-state index in [0.717, 1.165) is 0 Å². The van der Waals surface area contributed by atoms with Crippen LogP contribution in [0.5, 0.6) is 5.75 Å². The van der Waals surface area contributed by atoms with E-state index in [0.29, 0.717) is 12.4 Å². The van der Waals surface area contributed by atoms with Crippen molar-refractivity contribution in [2.24, 2.45) is 0 Å². The van der Waals surface area contributed by atoms with Crippen LogP contribution in [0.25, 0.3) is 0 Å². The van der Waals surface area contributed by atoms with Gasteiger partial charge in [-0.15, -0.1) is 0 Å². The smallest absolute Gasteiger partial charge is 0.341 e. The number of hydrogen-bond acceptors (Lipinski definition) is 7.